The summed E-state index contributed by atoms with van der Waals surface area (Å²) in [5.41, 5.74) is 0. The molecule has 0 saturated carbocycles. The fourth-order valence-corrected chi connectivity index (χ4v) is 3.89. The molecule has 7 heteroatoms. The summed E-state index contributed by atoms with van der Waals surface area (Å²) in [6, 6.07) is -0.645. The Bertz CT molecular complexity index is 380. The number of piperidine rings is 1. The number of carbonyl (C=O) groups is 2. The number of likely N-dealkylation sites (N-methyl/N-ethyl adjacent to an activating group) is 2. The molecule has 0 aromatic rings. The van der Waals surface area contributed by atoms with Crippen molar-refractivity contribution in [1.29, 1.82) is 0 Å². The van der Waals surface area contributed by atoms with Crippen molar-refractivity contribution in [2.75, 3.05) is 45.2 Å². The summed E-state index contributed by atoms with van der Waals surface area (Å²) in [5, 5.41) is 9.26. The summed E-state index contributed by atoms with van der Waals surface area (Å²) in [5.74, 6) is 0.396. The van der Waals surface area contributed by atoms with Crippen LogP contribution in [0.5, 0.6) is 0 Å². The first kappa shape index (κ1) is 15.4. The third kappa shape index (κ3) is 3.38. The Balaban J connectivity index is 2.02. The number of nitrogens with zero attached hydrogens (tertiary/aromatic N) is 3. The minimum atomic E-state index is -0.903. The van der Waals surface area contributed by atoms with Crippen LogP contribution in [0.3, 0.4) is 0 Å². The second-order valence-corrected chi connectivity index (χ2v) is 6.72. The maximum absolute atomic E-state index is 12.6. The highest BCUT2D eigenvalue weighted by Crippen LogP contribution is 2.21. The van der Waals surface area contributed by atoms with Crippen molar-refractivity contribution in [2.24, 2.45) is 0 Å². The lowest BCUT2D eigenvalue weighted by atomic mass is 10.1. The van der Waals surface area contributed by atoms with Crippen LogP contribution in [-0.4, -0.2) is 89.1 Å². The van der Waals surface area contributed by atoms with Gasteiger partial charge in [0, 0.05) is 37.7 Å². The number of rotatable bonds is 2. The second kappa shape index (κ2) is 6.67. The number of carboxylic acids is 1. The molecule has 0 spiro atoms. The molecule has 0 bridgehead atoms. The van der Waals surface area contributed by atoms with Gasteiger partial charge in [0.2, 0.25) is 0 Å². The number of aliphatic carboxylic acids is 1. The van der Waals surface area contributed by atoms with Gasteiger partial charge in [-0.2, -0.15) is 11.8 Å². The number of carboxylic acid groups (broad SMARTS) is 1. The number of hydrogen-bond donors (Lipinski definition) is 1. The quantitative estimate of drug-likeness (QED) is 0.811. The molecule has 2 aliphatic rings. The van der Waals surface area contributed by atoms with E-state index in [1.54, 1.807) is 23.7 Å². The van der Waals surface area contributed by atoms with E-state index >= 15 is 0 Å². The van der Waals surface area contributed by atoms with Crippen LogP contribution in [0.15, 0.2) is 0 Å². The molecular formula is C13H23N3O3S. The lowest BCUT2D eigenvalue weighted by Gasteiger charge is -2.40. The van der Waals surface area contributed by atoms with Crippen molar-refractivity contribution in [3.63, 3.8) is 0 Å². The van der Waals surface area contributed by atoms with Gasteiger partial charge in [-0.1, -0.05) is 0 Å². The van der Waals surface area contributed by atoms with E-state index in [0.717, 1.165) is 31.7 Å². The Labute approximate surface area is 124 Å². The van der Waals surface area contributed by atoms with Gasteiger partial charge in [0.1, 0.15) is 6.04 Å². The molecule has 2 rings (SSSR count). The number of carbonyl (C=O) groups excluding carboxylic acids is 1. The summed E-state index contributed by atoms with van der Waals surface area (Å²) in [6.45, 7) is 2.45. The highest BCUT2D eigenvalue weighted by molar-refractivity contribution is 7.99. The van der Waals surface area contributed by atoms with E-state index in [1.165, 1.54) is 4.90 Å². The largest absolute Gasteiger partial charge is 0.480 e. The summed E-state index contributed by atoms with van der Waals surface area (Å²) >= 11 is 1.60. The Morgan fingerprint density at radius 1 is 1.35 bits per heavy atom. The number of hydrogen-bond acceptors (Lipinski definition) is 4. The summed E-state index contributed by atoms with van der Waals surface area (Å²) < 4.78 is 0. The number of thioether (sulfide) groups is 1. The third-order valence-corrected chi connectivity index (χ3v) is 5.13. The zero-order valence-electron chi connectivity index (χ0n) is 12.1. The Hall–Kier alpha value is -0.950. The Morgan fingerprint density at radius 2 is 2.10 bits per heavy atom. The molecule has 20 heavy (non-hydrogen) atoms. The van der Waals surface area contributed by atoms with Gasteiger partial charge in [0.25, 0.3) is 0 Å². The molecular weight excluding hydrogens is 278 g/mol. The number of urea groups is 1. The predicted octanol–water partition coefficient (Wildman–Crippen LogP) is 0.634. The number of amides is 2. The molecule has 0 radical (unpaired) electrons. The molecule has 2 fully saturated rings. The van der Waals surface area contributed by atoms with Crippen molar-refractivity contribution < 1.29 is 14.7 Å². The van der Waals surface area contributed by atoms with Crippen LogP contribution in [0.4, 0.5) is 4.79 Å². The Morgan fingerprint density at radius 3 is 2.75 bits per heavy atom. The van der Waals surface area contributed by atoms with Gasteiger partial charge in [0.05, 0.1) is 0 Å². The van der Waals surface area contributed by atoms with E-state index < -0.39 is 12.0 Å². The van der Waals surface area contributed by atoms with Gasteiger partial charge in [-0.15, -0.1) is 0 Å². The zero-order valence-corrected chi connectivity index (χ0v) is 12.9. The second-order valence-electron chi connectivity index (χ2n) is 5.57. The van der Waals surface area contributed by atoms with Crippen LogP contribution in [0.25, 0.3) is 0 Å². The summed E-state index contributed by atoms with van der Waals surface area (Å²) in [7, 11) is 3.86. The first-order valence-corrected chi connectivity index (χ1v) is 8.18. The molecule has 6 nitrogen and oxygen atoms in total. The van der Waals surface area contributed by atoms with E-state index in [0.29, 0.717) is 12.3 Å². The highest BCUT2D eigenvalue weighted by Gasteiger charge is 2.36. The van der Waals surface area contributed by atoms with Gasteiger partial charge in [-0.05, 0) is 26.4 Å². The molecule has 2 amide bonds. The van der Waals surface area contributed by atoms with Crippen LogP contribution in [0.1, 0.15) is 12.8 Å². The zero-order chi connectivity index (χ0) is 14.7. The molecule has 0 aliphatic carbocycles. The Kier molecular flexibility index (Phi) is 5.15. The van der Waals surface area contributed by atoms with Gasteiger partial charge in [-0.25, -0.2) is 9.59 Å². The van der Waals surface area contributed by atoms with Crippen molar-refractivity contribution in [3.05, 3.63) is 0 Å². The molecule has 2 heterocycles. The fourth-order valence-electron chi connectivity index (χ4n) is 2.85. The standard InChI is InChI=1S/C13H23N3O3S/c1-14-5-3-4-10(8-14)15(2)13(19)16-6-7-20-9-11(16)12(17)18/h10-11H,3-9H2,1-2H3,(H,17,18). The van der Waals surface area contributed by atoms with Crippen LogP contribution < -0.4 is 0 Å². The number of likely N-dealkylation sites (tertiary alicyclic amines) is 1. The van der Waals surface area contributed by atoms with Crippen molar-refractivity contribution in [2.45, 2.75) is 24.9 Å². The normalized spacial score (nSPS) is 28.2. The minimum Gasteiger partial charge on any atom is -0.480 e. The van der Waals surface area contributed by atoms with Crippen LogP contribution >= 0.6 is 11.8 Å². The van der Waals surface area contributed by atoms with Crippen molar-refractivity contribution in [3.8, 4) is 0 Å². The van der Waals surface area contributed by atoms with E-state index in [-0.39, 0.29) is 12.1 Å². The SMILES string of the molecule is CN1CCCC(N(C)C(=O)N2CCSCC2C(=O)O)C1. The monoisotopic (exact) mass is 301 g/mol. The highest BCUT2D eigenvalue weighted by atomic mass is 32.2. The molecule has 0 aromatic heterocycles. The van der Waals surface area contributed by atoms with Gasteiger partial charge < -0.3 is 19.8 Å². The molecule has 2 unspecified atom stereocenters. The third-order valence-electron chi connectivity index (χ3n) is 4.11. The molecule has 1 N–H and O–H groups in total. The first-order chi connectivity index (χ1) is 9.50. The lowest BCUT2D eigenvalue weighted by molar-refractivity contribution is -0.141. The fraction of sp³-hybridized carbons (Fsp3) is 0.846. The van der Waals surface area contributed by atoms with Crippen molar-refractivity contribution in [1.82, 2.24) is 14.7 Å². The first-order valence-electron chi connectivity index (χ1n) is 7.03. The summed E-state index contributed by atoms with van der Waals surface area (Å²) in [6.07, 6.45) is 2.07. The maximum Gasteiger partial charge on any atom is 0.327 e. The molecule has 2 aliphatic heterocycles. The average molecular weight is 301 g/mol. The maximum atomic E-state index is 12.6. The molecule has 0 aromatic carbocycles. The van der Waals surface area contributed by atoms with Gasteiger partial charge >= 0.3 is 12.0 Å². The average Bonchev–Trinajstić information content (AvgIpc) is 2.45. The minimum absolute atomic E-state index is 0.141. The van der Waals surface area contributed by atoms with Gasteiger partial charge in [-0.3, -0.25) is 0 Å². The smallest absolute Gasteiger partial charge is 0.327 e. The van der Waals surface area contributed by atoms with Crippen molar-refractivity contribution >= 4 is 23.8 Å². The topological polar surface area (TPSA) is 64.1 Å². The van der Waals surface area contributed by atoms with Crippen LogP contribution in [0.2, 0.25) is 0 Å². The lowest BCUT2D eigenvalue weighted by Crippen LogP contribution is -2.57. The van der Waals surface area contributed by atoms with E-state index in [2.05, 4.69) is 11.9 Å². The van der Waals surface area contributed by atoms with E-state index in [4.69, 9.17) is 0 Å². The van der Waals surface area contributed by atoms with Crippen LogP contribution in [0, 0.1) is 0 Å². The van der Waals surface area contributed by atoms with Crippen LogP contribution in [-0.2, 0) is 4.79 Å². The molecule has 2 saturated heterocycles. The van der Waals surface area contributed by atoms with E-state index in [1.807, 2.05) is 0 Å². The van der Waals surface area contributed by atoms with Gasteiger partial charge in [0.15, 0.2) is 0 Å². The summed E-state index contributed by atoms with van der Waals surface area (Å²) in [4.78, 5) is 29.3. The molecule has 2 atom stereocenters. The molecule has 114 valence electrons. The van der Waals surface area contributed by atoms with E-state index in [9.17, 15) is 14.7 Å². The predicted molar refractivity (Wildman–Crippen MR) is 79.1 cm³/mol.